The standard InChI is InChI=1S/C22H17Cl3N2O2S/c1-13(21(28)26-17-8-9-19(24)20(25)12-17)30-18-7-3-6-16(11-18)27-22(29)14-4-2-5-15(23)10-14/h2-13H,1H3,(H,26,28)(H,27,29). The van der Waals surface area contributed by atoms with Gasteiger partial charge in [-0.05, 0) is 61.5 Å². The Morgan fingerprint density at radius 3 is 2.30 bits per heavy atom. The monoisotopic (exact) mass is 478 g/mol. The van der Waals surface area contributed by atoms with Gasteiger partial charge >= 0.3 is 0 Å². The molecule has 3 rings (SSSR count). The maximum atomic E-state index is 12.5. The largest absolute Gasteiger partial charge is 0.325 e. The third-order valence-electron chi connectivity index (χ3n) is 4.05. The molecule has 0 aromatic heterocycles. The van der Waals surface area contributed by atoms with Crippen LogP contribution in [0.25, 0.3) is 0 Å². The second-order valence-electron chi connectivity index (χ2n) is 6.37. The average Bonchev–Trinajstić information content (AvgIpc) is 2.71. The van der Waals surface area contributed by atoms with Crippen LogP contribution in [-0.2, 0) is 4.79 Å². The van der Waals surface area contributed by atoms with Gasteiger partial charge in [-0.1, -0.05) is 46.9 Å². The van der Waals surface area contributed by atoms with Crippen LogP contribution in [-0.4, -0.2) is 17.1 Å². The summed E-state index contributed by atoms with van der Waals surface area (Å²) in [5.41, 5.74) is 1.67. The Morgan fingerprint density at radius 1 is 0.833 bits per heavy atom. The Balaban J connectivity index is 1.63. The van der Waals surface area contributed by atoms with E-state index in [2.05, 4.69) is 10.6 Å². The SMILES string of the molecule is CC(Sc1cccc(NC(=O)c2cccc(Cl)c2)c1)C(=O)Nc1ccc(Cl)c(Cl)c1. The molecule has 0 saturated heterocycles. The highest BCUT2D eigenvalue weighted by Gasteiger charge is 2.16. The molecule has 0 aliphatic rings. The van der Waals surface area contributed by atoms with Crippen LogP contribution in [0.2, 0.25) is 15.1 Å². The first-order valence-electron chi connectivity index (χ1n) is 8.91. The summed E-state index contributed by atoms with van der Waals surface area (Å²) in [7, 11) is 0. The van der Waals surface area contributed by atoms with Crippen molar-refractivity contribution in [2.24, 2.45) is 0 Å². The number of thioether (sulfide) groups is 1. The number of carbonyl (C=O) groups excluding carboxylic acids is 2. The van der Waals surface area contributed by atoms with Gasteiger partial charge in [0.05, 0.1) is 15.3 Å². The molecule has 0 spiro atoms. The highest BCUT2D eigenvalue weighted by Crippen LogP contribution is 2.28. The van der Waals surface area contributed by atoms with Gasteiger partial charge < -0.3 is 10.6 Å². The third kappa shape index (κ3) is 6.16. The summed E-state index contributed by atoms with van der Waals surface area (Å²) >= 11 is 19.2. The molecule has 0 heterocycles. The van der Waals surface area contributed by atoms with Crippen LogP contribution in [0, 0.1) is 0 Å². The molecule has 4 nitrogen and oxygen atoms in total. The van der Waals surface area contributed by atoms with Crippen molar-refractivity contribution in [2.75, 3.05) is 10.6 Å². The molecule has 0 bridgehead atoms. The van der Waals surface area contributed by atoms with Gasteiger partial charge in [0.2, 0.25) is 5.91 Å². The van der Waals surface area contributed by atoms with Crippen molar-refractivity contribution in [3.63, 3.8) is 0 Å². The third-order valence-corrected chi connectivity index (χ3v) is 6.12. The van der Waals surface area contributed by atoms with Gasteiger partial charge in [0.15, 0.2) is 0 Å². The summed E-state index contributed by atoms with van der Waals surface area (Å²) in [6.07, 6.45) is 0. The smallest absolute Gasteiger partial charge is 0.255 e. The number of hydrogen-bond acceptors (Lipinski definition) is 3. The molecule has 0 radical (unpaired) electrons. The number of nitrogens with one attached hydrogen (secondary N) is 2. The number of benzene rings is 3. The van der Waals surface area contributed by atoms with Crippen LogP contribution in [0.15, 0.2) is 71.6 Å². The molecule has 0 aliphatic heterocycles. The van der Waals surface area contributed by atoms with E-state index in [1.165, 1.54) is 11.8 Å². The number of halogens is 3. The van der Waals surface area contributed by atoms with E-state index in [1.807, 2.05) is 18.2 Å². The van der Waals surface area contributed by atoms with Gasteiger partial charge in [0, 0.05) is 26.9 Å². The molecule has 2 amide bonds. The fourth-order valence-corrected chi connectivity index (χ4v) is 3.97. The van der Waals surface area contributed by atoms with Crippen LogP contribution >= 0.6 is 46.6 Å². The van der Waals surface area contributed by atoms with E-state index in [1.54, 1.807) is 55.5 Å². The van der Waals surface area contributed by atoms with Crippen molar-refractivity contribution < 1.29 is 9.59 Å². The predicted molar refractivity (Wildman–Crippen MR) is 126 cm³/mol. The van der Waals surface area contributed by atoms with Crippen molar-refractivity contribution in [1.29, 1.82) is 0 Å². The molecule has 154 valence electrons. The summed E-state index contributed by atoms with van der Waals surface area (Å²) in [6.45, 7) is 1.80. The van der Waals surface area contributed by atoms with E-state index in [0.29, 0.717) is 32.0 Å². The Kier molecular flexibility index (Phi) is 7.67. The molecular formula is C22H17Cl3N2O2S. The van der Waals surface area contributed by atoms with Gasteiger partial charge in [-0.15, -0.1) is 11.8 Å². The Morgan fingerprint density at radius 2 is 1.57 bits per heavy atom. The fourth-order valence-electron chi connectivity index (χ4n) is 2.56. The van der Waals surface area contributed by atoms with E-state index in [0.717, 1.165) is 4.90 Å². The van der Waals surface area contributed by atoms with Crippen LogP contribution in [0.4, 0.5) is 11.4 Å². The average molecular weight is 480 g/mol. The van der Waals surface area contributed by atoms with Gasteiger partial charge in [0.25, 0.3) is 5.91 Å². The topological polar surface area (TPSA) is 58.2 Å². The van der Waals surface area contributed by atoms with Crippen LogP contribution in [0.5, 0.6) is 0 Å². The summed E-state index contributed by atoms with van der Waals surface area (Å²) in [5.74, 6) is -0.434. The highest BCUT2D eigenvalue weighted by atomic mass is 35.5. The Labute approximate surface area is 193 Å². The zero-order chi connectivity index (χ0) is 21.7. The maximum absolute atomic E-state index is 12.5. The number of amides is 2. The lowest BCUT2D eigenvalue weighted by Gasteiger charge is -2.13. The maximum Gasteiger partial charge on any atom is 0.255 e. The quantitative estimate of drug-likeness (QED) is 0.374. The van der Waals surface area contributed by atoms with Crippen molar-refractivity contribution in [2.45, 2.75) is 17.1 Å². The highest BCUT2D eigenvalue weighted by molar-refractivity contribution is 8.00. The van der Waals surface area contributed by atoms with E-state index in [4.69, 9.17) is 34.8 Å². The number of rotatable bonds is 6. The predicted octanol–water partition coefficient (Wildman–Crippen LogP) is 7.02. The van der Waals surface area contributed by atoms with Gasteiger partial charge in [-0.2, -0.15) is 0 Å². The minimum Gasteiger partial charge on any atom is -0.325 e. The lowest BCUT2D eigenvalue weighted by molar-refractivity contribution is -0.115. The van der Waals surface area contributed by atoms with E-state index in [-0.39, 0.29) is 17.1 Å². The molecule has 1 unspecified atom stereocenters. The van der Waals surface area contributed by atoms with Crippen molar-refractivity contribution >= 4 is 69.8 Å². The van der Waals surface area contributed by atoms with Crippen LogP contribution < -0.4 is 10.6 Å². The molecule has 0 aliphatic carbocycles. The van der Waals surface area contributed by atoms with E-state index >= 15 is 0 Å². The van der Waals surface area contributed by atoms with Crippen molar-refractivity contribution in [1.82, 2.24) is 0 Å². The van der Waals surface area contributed by atoms with Gasteiger partial charge in [-0.25, -0.2) is 0 Å². The van der Waals surface area contributed by atoms with E-state index in [9.17, 15) is 9.59 Å². The molecule has 3 aromatic rings. The Hall–Kier alpha value is -2.18. The normalized spacial score (nSPS) is 11.6. The second-order valence-corrected chi connectivity index (χ2v) is 9.04. The zero-order valence-corrected chi connectivity index (χ0v) is 18.9. The van der Waals surface area contributed by atoms with Crippen LogP contribution in [0.1, 0.15) is 17.3 Å². The summed E-state index contributed by atoms with van der Waals surface area (Å²) in [5, 5.41) is 6.58. The number of carbonyl (C=O) groups is 2. The fraction of sp³-hybridized carbons (Fsp3) is 0.0909. The lowest BCUT2D eigenvalue weighted by atomic mass is 10.2. The molecule has 8 heteroatoms. The first-order valence-corrected chi connectivity index (χ1v) is 10.9. The van der Waals surface area contributed by atoms with Crippen LogP contribution in [0.3, 0.4) is 0 Å². The molecule has 0 fully saturated rings. The van der Waals surface area contributed by atoms with Gasteiger partial charge in [-0.3, -0.25) is 9.59 Å². The Bertz CT molecular complexity index is 1090. The number of hydrogen-bond donors (Lipinski definition) is 2. The first-order chi connectivity index (χ1) is 14.3. The minimum absolute atomic E-state index is 0.174. The molecule has 30 heavy (non-hydrogen) atoms. The number of anilines is 2. The van der Waals surface area contributed by atoms with E-state index < -0.39 is 0 Å². The van der Waals surface area contributed by atoms with Crippen molar-refractivity contribution in [3.8, 4) is 0 Å². The lowest BCUT2D eigenvalue weighted by Crippen LogP contribution is -2.22. The molecule has 2 N–H and O–H groups in total. The first kappa shape index (κ1) is 22.5. The molecule has 3 aromatic carbocycles. The van der Waals surface area contributed by atoms with Gasteiger partial charge in [0.1, 0.15) is 0 Å². The summed E-state index contributed by atoms with van der Waals surface area (Å²) in [4.78, 5) is 25.7. The molecule has 0 saturated carbocycles. The zero-order valence-electron chi connectivity index (χ0n) is 15.8. The summed E-state index contributed by atoms with van der Waals surface area (Å²) < 4.78 is 0. The molecular weight excluding hydrogens is 463 g/mol. The molecule has 1 atom stereocenters. The van der Waals surface area contributed by atoms with Crippen molar-refractivity contribution in [3.05, 3.63) is 87.4 Å². The minimum atomic E-state index is -0.377. The second kappa shape index (κ2) is 10.2. The summed E-state index contributed by atoms with van der Waals surface area (Å²) in [6, 6.07) is 18.9.